The first-order valence-corrected chi connectivity index (χ1v) is 7.04. The summed E-state index contributed by atoms with van der Waals surface area (Å²) in [5.41, 5.74) is 1.94. The Balaban J connectivity index is 1.82. The standard InChI is InChI=1S/C17H15N3O2/c21-20(22)16-9-5-4-6-14(16)10-12-19-13-11-18-17(19)15-7-2-1-3-8-15/h1-9,11,13H,10,12H2. The van der Waals surface area contributed by atoms with Gasteiger partial charge in [-0.05, 0) is 6.42 Å². The largest absolute Gasteiger partial charge is 0.331 e. The maximum Gasteiger partial charge on any atom is 0.272 e. The number of nitro benzene ring substituents is 1. The Kier molecular flexibility index (Phi) is 3.96. The Morgan fingerprint density at radius 3 is 2.55 bits per heavy atom. The molecule has 3 aromatic rings. The van der Waals surface area contributed by atoms with E-state index in [9.17, 15) is 10.1 Å². The van der Waals surface area contributed by atoms with Crippen LogP contribution in [0.1, 0.15) is 5.56 Å². The number of imidazole rings is 1. The minimum atomic E-state index is -0.332. The van der Waals surface area contributed by atoms with Crippen LogP contribution in [-0.4, -0.2) is 14.5 Å². The van der Waals surface area contributed by atoms with Crippen LogP contribution in [-0.2, 0) is 13.0 Å². The fourth-order valence-electron chi connectivity index (χ4n) is 2.48. The van der Waals surface area contributed by atoms with Gasteiger partial charge in [0.05, 0.1) is 4.92 Å². The zero-order valence-electron chi connectivity index (χ0n) is 11.9. The van der Waals surface area contributed by atoms with E-state index >= 15 is 0 Å². The zero-order valence-corrected chi connectivity index (χ0v) is 11.9. The molecule has 0 aliphatic carbocycles. The second-order valence-electron chi connectivity index (χ2n) is 4.95. The summed E-state index contributed by atoms with van der Waals surface area (Å²) in [7, 11) is 0. The zero-order chi connectivity index (χ0) is 15.4. The number of rotatable bonds is 5. The summed E-state index contributed by atoms with van der Waals surface area (Å²) >= 11 is 0. The summed E-state index contributed by atoms with van der Waals surface area (Å²) in [5, 5.41) is 11.1. The van der Waals surface area contributed by atoms with E-state index in [0.29, 0.717) is 13.0 Å². The maximum atomic E-state index is 11.1. The predicted molar refractivity (Wildman–Crippen MR) is 84.5 cm³/mol. The molecule has 3 rings (SSSR count). The molecule has 0 atom stereocenters. The first-order chi connectivity index (χ1) is 10.8. The predicted octanol–water partition coefficient (Wildman–Crippen LogP) is 3.70. The number of hydrogen-bond acceptors (Lipinski definition) is 3. The molecule has 2 aromatic carbocycles. The first kappa shape index (κ1) is 14.0. The van der Waals surface area contributed by atoms with E-state index in [-0.39, 0.29) is 10.6 Å². The van der Waals surface area contributed by atoms with Crippen molar-refractivity contribution in [1.29, 1.82) is 0 Å². The van der Waals surface area contributed by atoms with E-state index in [1.807, 2.05) is 47.2 Å². The van der Waals surface area contributed by atoms with Gasteiger partial charge in [0.15, 0.2) is 0 Å². The molecule has 0 unspecified atom stereocenters. The molecule has 0 saturated carbocycles. The highest BCUT2D eigenvalue weighted by atomic mass is 16.6. The molecule has 22 heavy (non-hydrogen) atoms. The molecule has 0 aliphatic heterocycles. The molecule has 0 radical (unpaired) electrons. The van der Waals surface area contributed by atoms with Crippen molar-refractivity contribution in [2.24, 2.45) is 0 Å². The Labute approximate surface area is 128 Å². The van der Waals surface area contributed by atoms with Crippen molar-refractivity contribution in [2.45, 2.75) is 13.0 Å². The van der Waals surface area contributed by atoms with Crippen molar-refractivity contribution in [1.82, 2.24) is 9.55 Å². The number of para-hydroxylation sites is 1. The van der Waals surface area contributed by atoms with E-state index in [1.165, 1.54) is 0 Å². The highest BCUT2D eigenvalue weighted by molar-refractivity contribution is 5.55. The van der Waals surface area contributed by atoms with Gasteiger partial charge in [-0.1, -0.05) is 48.5 Å². The minimum absolute atomic E-state index is 0.170. The molecule has 5 heteroatoms. The van der Waals surface area contributed by atoms with E-state index in [1.54, 1.807) is 24.4 Å². The molecule has 0 saturated heterocycles. The van der Waals surface area contributed by atoms with Crippen molar-refractivity contribution in [3.05, 3.63) is 82.7 Å². The quantitative estimate of drug-likeness (QED) is 0.532. The van der Waals surface area contributed by atoms with Crippen molar-refractivity contribution in [2.75, 3.05) is 0 Å². The van der Waals surface area contributed by atoms with Crippen molar-refractivity contribution in [3.63, 3.8) is 0 Å². The molecule has 1 aromatic heterocycles. The summed E-state index contributed by atoms with van der Waals surface area (Å²) in [6, 6.07) is 16.8. The van der Waals surface area contributed by atoms with Gasteiger partial charge in [0.1, 0.15) is 5.82 Å². The van der Waals surface area contributed by atoms with Crippen molar-refractivity contribution in [3.8, 4) is 11.4 Å². The van der Waals surface area contributed by atoms with Gasteiger partial charge >= 0.3 is 0 Å². The third-order valence-corrected chi connectivity index (χ3v) is 3.56. The lowest BCUT2D eigenvalue weighted by atomic mass is 10.1. The van der Waals surface area contributed by atoms with E-state index in [0.717, 1.165) is 17.0 Å². The lowest BCUT2D eigenvalue weighted by Gasteiger charge is -2.08. The Morgan fingerprint density at radius 1 is 1.05 bits per heavy atom. The second-order valence-corrected chi connectivity index (χ2v) is 4.95. The molecule has 0 spiro atoms. The molecule has 0 aliphatic rings. The van der Waals surface area contributed by atoms with E-state index in [4.69, 9.17) is 0 Å². The fraction of sp³-hybridized carbons (Fsp3) is 0.118. The molecular formula is C17H15N3O2. The van der Waals surface area contributed by atoms with Gasteiger partial charge in [-0.2, -0.15) is 0 Å². The van der Waals surface area contributed by atoms with Crippen LogP contribution in [0, 0.1) is 10.1 Å². The molecule has 5 nitrogen and oxygen atoms in total. The Morgan fingerprint density at radius 2 is 1.77 bits per heavy atom. The fourth-order valence-corrected chi connectivity index (χ4v) is 2.48. The molecule has 0 amide bonds. The number of benzene rings is 2. The lowest BCUT2D eigenvalue weighted by molar-refractivity contribution is -0.385. The van der Waals surface area contributed by atoms with Crippen LogP contribution in [0.25, 0.3) is 11.4 Å². The smallest absolute Gasteiger partial charge is 0.272 e. The SMILES string of the molecule is O=[N+]([O-])c1ccccc1CCn1ccnc1-c1ccccc1. The summed E-state index contributed by atoms with van der Waals surface area (Å²) in [4.78, 5) is 15.1. The minimum Gasteiger partial charge on any atom is -0.331 e. The van der Waals surface area contributed by atoms with E-state index < -0.39 is 0 Å². The highest BCUT2D eigenvalue weighted by Crippen LogP contribution is 2.21. The van der Waals surface area contributed by atoms with Crippen LogP contribution >= 0.6 is 0 Å². The maximum absolute atomic E-state index is 11.1. The Hall–Kier alpha value is -2.95. The van der Waals surface area contributed by atoms with Crippen LogP contribution in [0.5, 0.6) is 0 Å². The van der Waals surface area contributed by atoms with Crippen LogP contribution in [0.2, 0.25) is 0 Å². The number of nitrogens with zero attached hydrogens (tertiary/aromatic N) is 3. The molecule has 0 bridgehead atoms. The number of aryl methyl sites for hydroxylation is 2. The third kappa shape index (κ3) is 2.88. The topological polar surface area (TPSA) is 61.0 Å². The van der Waals surface area contributed by atoms with Gasteiger partial charge in [-0.3, -0.25) is 10.1 Å². The number of aromatic nitrogens is 2. The first-order valence-electron chi connectivity index (χ1n) is 7.04. The monoisotopic (exact) mass is 293 g/mol. The van der Waals surface area contributed by atoms with Crippen molar-refractivity contribution < 1.29 is 4.92 Å². The normalized spacial score (nSPS) is 10.5. The van der Waals surface area contributed by atoms with Gasteiger partial charge in [-0.15, -0.1) is 0 Å². The molecule has 110 valence electrons. The molecular weight excluding hydrogens is 278 g/mol. The molecule has 0 N–H and O–H groups in total. The van der Waals surface area contributed by atoms with Gasteiger partial charge in [-0.25, -0.2) is 4.98 Å². The number of nitro groups is 1. The highest BCUT2D eigenvalue weighted by Gasteiger charge is 2.13. The average molecular weight is 293 g/mol. The lowest BCUT2D eigenvalue weighted by Crippen LogP contribution is -2.04. The van der Waals surface area contributed by atoms with Crippen LogP contribution in [0.15, 0.2) is 67.0 Å². The van der Waals surface area contributed by atoms with Gasteiger partial charge in [0.2, 0.25) is 0 Å². The second kappa shape index (κ2) is 6.22. The summed E-state index contributed by atoms with van der Waals surface area (Å²) < 4.78 is 2.02. The van der Waals surface area contributed by atoms with Gasteiger partial charge in [0, 0.05) is 36.1 Å². The molecule has 1 heterocycles. The summed E-state index contributed by atoms with van der Waals surface area (Å²) in [6.07, 6.45) is 4.24. The van der Waals surface area contributed by atoms with Crippen LogP contribution < -0.4 is 0 Å². The van der Waals surface area contributed by atoms with Crippen LogP contribution in [0.4, 0.5) is 5.69 Å². The van der Waals surface area contributed by atoms with Gasteiger partial charge < -0.3 is 4.57 Å². The summed E-state index contributed by atoms with van der Waals surface area (Å²) in [6.45, 7) is 0.648. The summed E-state index contributed by atoms with van der Waals surface area (Å²) in [5.74, 6) is 0.874. The molecule has 0 fully saturated rings. The van der Waals surface area contributed by atoms with Gasteiger partial charge in [0.25, 0.3) is 5.69 Å². The van der Waals surface area contributed by atoms with Crippen LogP contribution in [0.3, 0.4) is 0 Å². The number of hydrogen-bond donors (Lipinski definition) is 0. The van der Waals surface area contributed by atoms with E-state index in [2.05, 4.69) is 4.98 Å². The Bertz CT molecular complexity index is 781. The van der Waals surface area contributed by atoms with Crippen molar-refractivity contribution >= 4 is 5.69 Å². The third-order valence-electron chi connectivity index (χ3n) is 3.56. The average Bonchev–Trinajstić information content (AvgIpc) is 3.02.